The third kappa shape index (κ3) is 2.94. The summed E-state index contributed by atoms with van der Waals surface area (Å²) in [6.45, 7) is 2.77. The highest BCUT2D eigenvalue weighted by molar-refractivity contribution is 5.56. The average Bonchev–Trinajstić information content (AvgIpc) is 2.40. The molecule has 0 radical (unpaired) electrons. The number of nitrogen functional groups attached to an aromatic ring is 1. The zero-order chi connectivity index (χ0) is 13.0. The molecule has 0 aromatic heterocycles. The van der Waals surface area contributed by atoms with Gasteiger partial charge in [0.1, 0.15) is 5.75 Å². The fraction of sp³-hybridized carbons (Fsp3) is 0.200. The first-order chi connectivity index (χ1) is 8.69. The molecule has 0 aliphatic rings. The van der Waals surface area contributed by atoms with Crippen molar-refractivity contribution in [3.05, 3.63) is 53.6 Å². The molecule has 0 unspecified atom stereocenters. The third-order valence-electron chi connectivity index (χ3n) is 2.90. The summed E-state index contributed by atoms with van der Waals surface area (Å²) in [5.41, 5.74) is 9.96. The van der Waals surface area contributed by atoms with E-state index in [9.17, 15) is 0 Å². The van der Waals surface area contributed by atoms with Crippen LogP contribution in [0.15, 0.2) is 42.5 Å². The number of ether oxygens (including phenoxy) is 1. The second-order valence-corrected chi connectivity index (χ2v) is 4.28. The van der Waals surface area contributed by atoms with Gasteiger partial charge in [-0.2, -0.15) is 0 Å². The molecule has 0 saturated carbocycles. The second-order valence-electron chi connectivity index (χ2n) is 4.28. The summed E-state index contributed by atoms with van der Waals surface area (Å²) in [5, 5.41) is 3.37. The van der Waals surface area contributed by atoms with Crippen LogP contribution in [0.3, 0.4) is 0 Å². The number of anilines is 2. The van der Waals surface area contributed by atoms with Gasteiger partial charge in [-0.3, -0.25) is 0 Å². The normalized spacial score (nSPS) is 10.1. The van der Waals surface area contributed by atoms with Crippen LogP contribution in [0.2, 0.25) is 0 Å². The number of nitrogens with two attached hydrogens (primary N) is 1. The maximum Gasteiger partial charge on any atom is 0.119 e. The zero-order valence-corrected chi connectivity index (χ0v) is 10.7. The number of aryl methyl sites for hydroxylation is 1. The van der Waals surface area contributed by atoms with Gasteiger partial charge < -0.3 is 15.8 Å². The Kier molecular flexibility index (Phi) is 3.72. The van der Waals surface area contributed by atoms with Crippen molar-refractivity contribution >= 4 is 11.4 Å². The van der Waals surface area contributed by atoms with Crippen molar-refractivity contribution in [2.24, 2.45) is 0 Å². The highest BCUT2D eigenvalue weighted by Gasteiger charge is 1.98. The molecule has 2 aromatic rings. The van der Waals surface area contributed by atoms with Crippen LogP contribution in [0, 0.1) is 6.92 Å². The Morgan fingerprint density at radius 2 is 2.00 bits per heavy atom. The lowest BCUT2D eigenvalue weighted by Gasteiger charge is -2.09. The van der Waals surface area contributed by atoms with E-state index in [4.69, 9.17) is 10.5 Å². The van der Waals surface area contributed by atoms with Crippen molar-refractivity contribution in [1.82, 2.24) is 0 Å². The first-order valence-electron chi connectivity index (χ1n) is 5.92. The van der Waals surface area contributed by atoms with Crippen LogP contribution in [-0.2, 0) is 6.54 Å². The molecule has 0 atom stereocenters. The van der Waals surface area contributed by atoms with Gasteiger partial charge in [-0.25, -0.2) is 0 Å². The molecule has 0 saturated heterocycles. The lowest BCUT2D eigenvalue weighted by molar-refractivity contribution is 0.414. The topological polar surface area (TPSA) is 47.3 Å². The van der Waals surface area contributed by atoms with E-state index in [0.717, 1.165) is 29.2 Å². The lowest BCUT2D eigenvalue weighted by Crippen LogP contribution is -2.00. The summed E-state index contributed by atoms with van der Waals surface area (Å²) in [7, 11) is 1.68. The van der Waals surface area contributed by atoms with E-state index >= 15 is 0 Å². The zero-order valence-electron chi connectivity index (χ0n) is 10.7. The predicted molar refractivity (Wildman–Crippen MR) is 75.9 cm³/mol. The number of hydrogen-bond donors (Lipinski definition) is 2. The fourth-order valence-electron chi connectivity index (χ4n) is 1.77. The molecule has 3 nitrogen and oxygen atoms in total. The van der Waals surface area contributed by atoms with Crippen LogP contribution >= 0.6 is 0 Å². The van der Waals surface area contributed by atoms with E-state index in [1.165, 1.54) is 5.56 Å². The van der Waals surface area contributed by atoms with E-state index in [1.54, 1.807) is 7.11 Å². The van der Waals surface area contributed by atoms with Gasteiger partial charge >= 0.3 is 0 Å². The standard InChI is InChI=1S/C15H18N2O/c1-11-8-13(6-7-15(11)16)17-10-12-4-3-5-14(9-12)18-2/h3-9,17H,10,16H2,1-2H3. The largest absolute Gasteiger partial charge is 0.497 e. The average molecular weight is 242 g/mol. The minimum absolute atomic E-state index is 0.764. The van der Waals surface area contributed by atoms with E-state index in [1.807, 2.05) is 37.3 Å². The SMILES string of the molecule is COc1cccc(CNc2ccc(N)c(C)c2)c1. The fourth-order valence-corrected chi connectivity index (χ4v) is 1.77. The van der Waals surface area contributed by atoms with Gasteiger partial charge in [0.25, 0.3) is 0 Å². The van der Waals surface area contributed by atoms with Crippen molar-refractivity contribution in [3.63, 3.8) is 0 Å². The third-order valence-corrected chi connectivity index (χ3v) is 2.90. The Morgan fingerprint density at radius 3 is 2.72 bits per heavy atom. The summed E-state index contributed by atoms with van der Waals surface area (Å²) in [5.74, 6) is 0.878. The molecule has 2 rings (SSSR count). The van der Waals surface area contributed by atoms with Crippen LogP contribution in [0.25, 0.3) is 0 Å². The van der Waals surface area contributed by atoms with E-state index in [0.29, 0.717) is 0 Å². The lowest BCUT2D eigenvalue weighted by atomic mass is 10.1. The first-order valence-corrected chi connectivity index (χ1v) is 5.92. The van der Waals surface area contributed by atoms with Gasteiger partial charge in [0.15, 0.2) is 0 Å². The van der Waals surface area contributed by atoms with Crippen LogP contribution < -0.4 is 15.8 Å². The number of methoxy groups -OCH3 is 1. The summed E-state index contributed by atoms with van der Waals surface area (Å²) in [6.07, 6.45) is 0. The smallest absolute Gasteiger partial charge is 0.119 e. The molecule has 0 spiro atoms. The number of rotatable bonds is 4. The van der Waals surface area contributed by atoms with Gasteiger partial charge in [-0.1, -0.05) is 12.1 Å². The molecule has 0 aliphatic heterocycles. The number of benzene rings is 2. The van der Waals surface area contributed by atoms with Gasteiger partial charge in [0.2, 0.25) is 0 Å². The minimum atomic E-state index is 0.764. The molecule has 2 aromatic carbocycles. The minimum Gasteiger partial charge on any atom is -0.497 e. The highest BCUT2D eigenvalue weighted by atomic mass is 16.5. The first kappa shape index (κ1) is 12.3. The monoisotopic (exact) mass is 242 g/mol. The van der Waals surface area contributed by atoms with Crippen LogP contribution in [-0.4, -0.2) is 7.11 Å². The summed E-state index contributed by atoms with van der Waals surface area (Å²) < 4.78 is 5.20. The van der Waals surface area contributed by atoms with Gasteiger partial charge in [-0.15, -0.1) is 0 Å². The molecular formula is C15H18N2O. The van der Waals surface area contributed by atoms with Crippen molar-refractivity contribution in [1.29, 1.82) is 0 Å². The van der Waals surface area contributed by atoms with E-state index in [2.05, 4.69) is 17.4 Å². The molecular weight excluding hydrogens is 224 g/mol. The van der Waals surface area contributed by atoms with Crippen molar-refractivity contribution in [2.45, 2.75) is 13.5 Å². The maximum absolute atomic E-state index is 5.79. The van der Waals surface area contributed by atoms with Crippen LogP contribution in [0.5, 0.6) is 5.75 Å². The van der Waals surface area contributed by atoms with Crippen LogP contribution in [0.1, 0.15) is 11.1 Å². The van der Waals surface area contributed by atoms with Crippen molar-refractivity contribution in [2.75, 3.05) is 18.2 Å². The van der Waals surface area contributed by atoms with E-state index in [-0.39, 0.29) is 0 Å². The summed E-state index contributed by atoms with van der Waals surface area (Å²) >= 11 is 0. The van der Waals surface area contributed by atoms with Gasteiger partial charge in [0.05, 0.1) is 7.11 Å². The molecule has 0 heterocycles. The Hall–Kier alpha value is -2.16. The molecule has 3 heteroatoms. The Labute approximate surface area is 108 Å². The Morgan fingerprint density at radius 1 is 1.17 bits per heavy atom. The van der Waals surface area contributed by atoms with Crippen LogP contribution in [0.4, 0.5) is 11.4 Å². The molecule has 18 heavy (non-hydrogen) atoms. The van der Waals surface area contributed by atoms with E-state index < -0.39 is 0 Å². The molecule has 0 fully saturated rings. The molecule has 3 N–H and O–H groups in total. The second kappa shape index (κ2) is 5.45. The Balaban J connectivity index is 2.04. The quantitative estimate of drug-likeness (QED) is 0.809. The highest BCUT2D eigenvalue weighted by Crippen LogP contribution is 2.18. The number of hydrogen-bond acceptors (Lipinski definition) is 3. The Bertz CT molecular complexity index is 538. The van der Waals surface area contributed by atoms with Crippen molar-refractivity contribution in [3.8, 4) is 5.75 Å². The molecule has 0 bridgehead atoms. The summed E-state index contributed by atoms with van der Waals surface area (Å²) in [6, 6.07) is 14.0. The molecule has 0 aliphatic carbocycles. The predicted octanol–water partition coefficient (Wildman–Crippen LogP) is 3.20. The van der Waals surface area contributed by atoms with Gasteiger partial charge in [-0.05, 0) is 48.4 Å². The molecule has 94 valence electrons. The maximum atomic E-state index is 5.79. The van der Waals surface area contributed by atoms with Crippen molar-refractivity contribution < 1.29 is 4.74 Å². The van der Waals surface area contributed by atoms with Gasteiger partial charge in [0, 0.05) is 17.9 Å². The summed E-state index contributed by atoms with van der Waals surface area (Å²) in [4.78, 5) is 0. The molecule has 0 amide bonds. The number of nitrogens with one attached hydrogen (secondary N) is 1.